The Morgan fingerprint density at radius 1 is 1.09 bits per heavy atom. The molecule has 0 aliphatic carbocycles. The van der Waals surface area contributed by atoms with Crippen LogP contribution in [-0.2, 0) is 10.3 Å². The molecule has 0 bridgehead atoms. The van der Waals surface area contributed by atoms with Crippen molar-refractivity contribution < 1.29 is 17.4 Å². The van der Waals surface area contributed by atoms with Gasteiger partial charge in [-0.2, -0.15) is 18.8 Å². The molecule has 0 fully saturated rings. The van der Waals surface area contributed by atoms with Gasteiger partial charge in [0.2, 0.25) is 0 Å². The lowest BCUT2D eigenvalue weighted by Gasteiger charge is -2.06. The van der Waals surface area contributed by atoms with Crippen LogP contribution in [0.4, 0.5) is 5.69 Å². The topological polar surface area (TPSA) is 122 Å². The fraction of sp³-hybridized carbons (Fsp3) is 0. The summed E-state index contributed by atoms with van der Waals surface area (Å²) in [4.78, 5) is 12.0. The van der Waals surface area contributed by atoms with Crippen molar-refractivity contribution in [3.63, 3.8) is 0 Å². The molecule has 0 radical (unpaired) electrons. The largest absolute Gasteiger partial charge is 0.380 e. The zero-order chi connectivity index (χ0) is 16.2. The molecule has 0 aliphatic rings. The molecule has 0 saturated heterocycles. The van der Waals surface area contributed by atoms with Gasteiger partial charge in [0.25, 0.3) is 5.91 Å². The molecule has 2 aromatic rings. The van der Waals surface area contributed by atoms with Gasteiger partial charge in [-0.15, -0.1) is 0 Å². The van der Waals surface area contributed by atoms with Gasteiger partial charge in [-0.25, -0.2) is 0 Å². The van der Waals surface area contributed by atoms with Gasteiger partial charge in [-0.1, -0.05) is 0 Å². The van der Waals surface area contributed by atoms with Crippen molar-refractivity contribution in [1.82, 2.24) is 0 Å². The standard InChI is InChI=1S/C14H11N3O4S/c15-9-10-1-5-12(6-2-10)17-14(18)11-3-7-13(8-4-11)21-22(16,19)20/h1-8H,(H,17,18)(H2,16,19,20). The van der Waals surface area contributed by atoms with E-state index in [1.165, 1.54) is 24.3 Å². The number of nitriles is 1. The van der Waals surface area contributed by atoms with Crippen molar-refractivity contribution in [2.24, 2.45) is 5.14 Å². The molecule has 8 heteroatoms. The summed E-state index contributed by atoms with van der Waals surface area (Å²) in [7, 11) is -4.09. The molecule has 2 rings (SSSR count). The molecule has 22 heavy (non-hydrogen) atoms. The molecule has 0 saturated carbocycles. The molecule has 2 aromatic carbocycles. The number of carbonyl (C=O) groups excluding carboxylic acids is 1. The number of nitrogens with zero attached hydrogens (tertiary/aromatic N) is 1. The number of nitrogens with one attached hydrogen (secondary N) is 1. The van der Waals surface area contributed by atoms with E-state index >= 15 is 0 Å². The number of anilines is 1. The predicted octanol–water partition coefficient (Wildman–Crippen LogP) is 1.39. The monoisotopic (exact) mass is 317 g/mol. The number of carbonyl (C=O) groups is 1. The summed E-state index contributed by atoms with van der Waals surface area (Å²) in [5.74, 6) is -0.371. The quantitative estimate of drug-likeness (QED) is 0.882. The van der Waals surface area contributed by atoms with Gasteiger partial charge in [-0.05, 0) is 48.5 Å². The van der Waals surface area contributed by atoms with E-state index in [1.54, 1.807) is 24.3 Å². The molecule has 0 heterocycles. The maximum atomic E-state index is 12.0. The van der Waals surface area contributed by atoms with Crippen molar-refractivity contribution in [3.05, 3.63) is 59.7 Å². The third kappa shape index (κ3) is 4.31. The minimum atomic E-state index is -4.09. The zero-order valence-corrected chi connectivity index (χ0v) is 12.0. The molecular formula is C14H11N3O4S. The van der Waals surface area contributed by atoms with E-state index in [0.29, 0.717) is 16.8 Å². The first-order valence-corrected chi connectivity index (χ1v) is 7.48. The Balaban J connectivity index is 2.07. The van der Waals surface area contributed by atoms with Gasteiger partial charge < -0.3 is 9.50 Å². The van der Waals surface area contributed by atoms with Gasteiger partial charge >= 0.3 is 10.3 Å². The highest BCUT2D eigenvalue weighted by atomic mass is 32.2. The van der Waals surface area contributed by atoms with E-state index in [2.05, 4.69) is 9.50 Å². The first kappa shape index (κ1) is 15.5. The van der Waals surface area contributed by atoms with Gasteiger partial charge in [0.05, 0.1) is 11.6 Å². The van der Waals surface area contributed by atoms with Crippen LogP contribution in [0.25, 0.3) is 0 Å². The Kier molecular flexibility index (Phi) is 4.41. The third-order valence-electron chi connectivity index (χ3n) is 2.60. The number of rotatable bonds is 4. The summed E-state index contributed by atoms with van der Waals surface area (Å²) < 4.78 is 26.0. The molecule has 3 N–H and O–H groups in total. The SMILES string of the molecule is N#Cc1ccc(NC(=O)c2ccc(OS(N)(=O)=O)cc2)cc1. The number of hydrogen-bond donors (Lipinski definition) is 2. The van der Waals surface area contributed by atoms with E-state index in [0.717, 1.165) is 0 Å². The highest BCUT2D eigenvalue weighted by molar-refractivity contribution is 7.84. The van der Waals surface area contributed by atoms with Crippen molar-refractivity contribution in [2.75, 3.05) is 5.32 Å². The lowest BCUT2D eigenvalue weighted by atomic mass is 10.2. The Labute approximate surface area is 127 Å². The van der Waals surface area contributed by atoms with E-state index in [1.807, 2.05) is 6.07 Å². The van der Waals surface area contributed by atoms with Crippen LogP contribution in [0.5, 0.6) is 5.75 Å². The van der Waals surface area contributed by atoms with Gasteiger partial charge in [0.1, 0.15) is 5.75 Å². The Bertz CT molecular complexity index is 822. The first-order chi connectivity index (χ1) is 10.4. The van der Waals surface area contributed by atoms with Crippen LogP contribution in [0.2, 0.25) is 0 Å². The van der Waals surface area contributed by atoms with E-state index in [-0.39, 0.29) is 11.7 Å². The second-order valence-electron chi connectivity index (χ2n) is 4.24. The van der Waals surface area contributed by atoms with Gasteiger partial charge in [-0.3, -0.25) is 4.79 Å². The fourth-order valence-corrected chi connectivity index (χ4v) is 2.01. The molecule has 0 aliphatic heterocycles. The van der Waals surface area contributed by atoms with Gasteiger partial charge in [0.15, 0.2) is 0 Å². The number of hydrogen-bond acceptors (Lipinski definition) is 5. The molecule has 7 nitrogen and oxygen atoms in total. The summed E-state index contributed by atoms with van der Waals surface area (Å²) in [5.41, 5.74) is 1.34. The first-order valence-electron chi connectivity index (χ1n) is 6.01. The zero-order valence-electron chi connectivity index (χ0n) is 11.2. The minimum absolute atomic E-state index is 0.0115. The maximum Gasteiger partial charge on any atom is 0.380 e. The van der Waals surface area contributed by atoms with Crippen molar-refractivity contribution in [2.45, 2.75) is 0 Å². The average molecular weight is 317 g/mol. The fourth-order valence-electron chi connectivity index (χ4n) is 1.63. The lowest BCUT2D eigenvalue weighted by Crippen LogP contribution is -2.19. The minimum Gasteiger partial charge on any atom is -0.371 e. The van der Waals surface area contributed by atoms with E-state index in [9.17, 15) is 13.2 Å². The summed E-state index contributed by atoms with van der Waals surface area (Å²) >= 11 is 0. The summed E-state index contributed by atoms with van der Waals surface area (Å²) in [6.45, 7) is 0. The normalized spacial score (nSPS) is 10.5. The molecule has 112 valence electrons. The molecule has 0 spiro atoms. The molecule has 1 amide bonds. The average Bonchev–Trinajstić information content (AvgIpc) is 2.47. The molecular weight excluding hydrogens is 306 g/mol. The maximum absolute atomic E-state index is 12.0. The highest BCUT2D eigenvalue weighted by Gasteiger charge is 2.09. The van der Waals surface area contributed by atoms with Crippen LogP contribution in [0.15, 0.2) is 48.5 Å². The molecule has 0 atom stereocenters. The van der Waals surface area contributed by atoms with Crippen LogP contribution in [0, 0.1) is 11.3 Å². The Morgan fingerprint density at radius 3 is 2.18 bits per heavy atom. The van der Waals surface area contributed by atoms with Crippen LogP contribution >= 0.6 is 0 Å². The van der Waals surface area contributed by atoms with Crippen molar-refractivity contribution in [1.29, 1.82) is 5.26 Å². The highest BCUT2D eigenvalue weighted by Crippen LogP contribution is 2.15. The third-order valence-corrected chi connectivity index (χ3v) is 3.03. The Hall–Kier alpha value is -2.89. The number of benzene rings is 2. The predicted molar refractivity (Wildman–Crippen MR) is 79.3 cm³/mol. The molecule has 0 unspecified atom stereocenters. The van der Waals surface area contributed by atoms with Crippen LogP contribution in [0.3, 0.4) is 0 Å². The summed E-state index contributed by atoms with van der Waals surface area (Å²) in [5, 5.41) is 16.1. The second-order valence-corrected chi connectivity index (χ2v) is 5.40. The van der Waals surface area contributed by atoms with Crippen LogP contribution in [-0.4, -0.2) is 14.3 Å². The summed E-state index contributed by atoms with van der Waals surface area (Å²) in [6.07, 6.45) is 0. The van der Waals surface area contributed by atoms with E-state index in [4.69, 9.17) is 10.4 Å². The van der Waals surface area contributed by atoms with Crippen molar-refractivity contribution >= 4 is 21.9 Å². The lowest BCUT2D eigenvalue weighted by molar-refractivity contribution is 0.102. The van der Waals surface area contributed by atoms with Crippen LogP contribution in [0.1, 0.15) is 15.9 Å². The number of amides is 1. The van der Waals surface area contributed by atoms with Gasteiger partial charge in [0, 0.05) is 11.3 Å². The summed E-state index contributed by atoms with van der Waals surface area (Å²) in [6, 6.07) is 13.8. The number of nitrogens with two attached hydrogens (primary N) is 1. The smallest absolute Gasteiger partial charge is 0.371 e. The second kappa shape index (κ2) is 6.26. The Morgan fingerprint density at radius 2 is 1.68 bits per heavy atom. The van der Waals surface area contributed by atoms with E-state index < -0.39 is 10.3 Å². The van der Waals surface area contributed by atoms with Crippen molar-refractivity contribution in [3.8, 4) is 11.8 Å². The van der Waals surface area contributed by atoms with Crippen LogP contribution < -0.4 is 14.6 Å². The molecule has 0 aromatic heterocycles.